The number of carboxylic acid groups (broad SMARTS) is 1. The molecule has 110 valence electrons. The van der Waals surface area contributed by atoms with Crippen LogP contribution in [0.1, 0.15) is 42.6 Å². The Bertz CT molecular complexity index is 484. The van der Waals surface area contributed by atoms with Gasteiger partial charge in [-0.3, -0.25) is 4.79 Å². The number of aromatic carboxylic acids is 1. The first-order valence-corrected chi connectivity index (χ1v) is 6.78. The van der Waals surface area contributed by atoms with E-state index in [-0.39, 0.29) is 11.5 Å². The molecular formula is C15H22N2O3. The predicted molar refractivity (Wildman–Crippen MR) is 79.1 cm³/mol. The van der Waals surface area contributed by atoms with Crippen LogP contribution in [0.5, 0.6) is 0 Å². The van der Waals surface area contributed by atoms with Crippen LogP contribution in [0.25, 0.3) is 0 Å². The van der Waals surface area contributed by atoms with Crippen molar-refractivity contribution in [1.82, 2.24) is 5.32 Å². The van der Waals surface area contributed by atoms with Gasteiger partial charge in [-0.25, -0.2) is 4.79 Å². The second kappa shape index (κ2) is 7.65. The molecule has 0 aliphatic carbocycles. The Kier molecular flexibility index (Phi) is 6.18. The molecule has 0 aliphatic rings. The van der Waals surface area contributed by atoms with Crippen molar-refractivity contribution in [2.24, 2.45) is 0 Å². The van der Waals surface area contributed by atoms with Crippen molar-refractivity contribution in [3.63, 3.8) is 0 Å². The van der Waals surface area contributed by atoms with E-state index in [1.807, 2.05) is 0 Å². The average molecular weight is 278 g/mol. The van der Waals surface area contributed by atoms with Gasteiger partial charge in [0.1, 0.15) is 0 Å². The summed E-state index contributed by atoms with van der Waals surface area (Å²) in [6.07, 6.45) is 1.16. The minimum atomic E-state index is -0.986. The van der Waals surface area contributed by atoms with Crippen molar-refractivity contribution in [3.05, 3.63) is 29.3 Å². The molecule has 0 radical (unpaired) electrons. The molecule has 1 aromatic carbocycles. The lowest BCUT2D eigenvalue weighted by Gasteiger charge is -2.11. The Morgan fingerprint density at radius 1 is 1.30 bits per heavy atom. The van der Waals surface area contributed by atoms with Gasteiger partial charge in [0.15, 0.2) is 0 Å². The monoisotopic (exact) mass is 278 g/mol. The highest BCUT2D eigenvalue weighted by Crippen LogP contribution is 2.19. The van der Waals surface area contributed by atoms with Crippen molar-refractivity contribution in [2.75, 3.05) is 11.9 Å². The maximum absolute atomic E-state index is 11.8. The first-order valence-electron chi connectivity index (χ1n) is 6.78. The summed E-state index contributed by atoms with van der Waals surface area (Å²) >= 11 is 0. The van der Waals surface area contributed by atoms with Gasteiger partial charge in [-0.15, -0.1) is 0 Å². The van der Waals surface area contributed by atoms with Crippen LogP contribution < -0.4 is 10.6 Å². The fourth-order valence-electron chi connectivity index (χ4n) is 1.86. The van der Waals surface area contributed by atoms with Crippen molar-refractivity contribution >= 4 is 17.6 Å². The van der Waals surface area contributed by atoms with Gasteiger partial charge in [0.25, 0.3) is 0 Å². The third kappa shape index (κ3) is 5.01. The molecule has 1 rings (SSSR count). The van der Waals surface area contributed by atoms with E-state index in [2.05, 4.69) is 24.5 Å². The van der Waals surface area contributed by atoms with Crippen molar-refractivity contribution in [2.45, 2.75) is 39.7 Å². The number of rotatable bonds is 7. The van der Waals surface area contributed by atoms with Crippen LogP contribution in [0.4, 0.5) is 5.69 Å². The van der Waals surface area contributed by atoms with Gasteiger partial charge < -0.3 is 15.7 Å². The largest absolute Gasteiger partial charge is 0.478 e. The van der Waals surface area contributed by atoms with Gasteiger partial charge in [-0.1, -0.05) is 19.9 Å². The zero-order chi connectivity index (χ0) is 15.1. The molecule has 0 atom stereocenters. The molecule has 5 heteroatoms. The van der Waals surface area contributed by atoms with Crippen LogP contribution in [-0.2, 0) is 4.79 Å². The van der Waals surface area contributed by atoms with Crippen LogP contribution in [0.2, 0.25) is 0 Å². The highest BCUT2D eigenvalue weighted by atomic mass is 16.4. The molecule has 5 nitrogen and oxygen atoms in total. The molecule has 0 aromatic heterocycles. The summed E-state index contributed by atoms with van der Waals surface area (Å²) in [6, 6.07) is 5.28. The molecule has 0 spiro atoms. The smallest absolute Gasteiger partial charge is 0.336 e. The van der Waals surface area contributed by atoms with E-state index >= 15 is 0 Å². The zero-order valence-electron chi connectivity index (χ0n) is 12.2. The molecule has 0 saturated heterocycles. The highest BCUT2D eigenvalue weighted by molar-refractivity contribution is 5.95. The summed E-state index contributed by atoms with van der Waals surface area (Å²) in [4.78, 5) is 22.8. The van der Waals surface area contributed by atoms with Crippen LogP contribution in [0.3, 0.4) is 0 Å². The minimum absolute atomic E-state index is 0.0961. The molecule has 0 heterocycles. The van der Waals surface area contributed by atoms with E-state index in [1.165, 1.54) is 6.07 Å². The topological polar surface area (TPSA) is 78.4 Å². The van der Waals surface area contributed by atoms with Crippen LogP contribution >= 0.6 is 0 Å². The number of benzene rings is 1. The lowest BCUT2D eigenvalue weighted by Crippen LogP contribution is -2.24. The quantitative estimate of drug-likeness (QED) is 0.669. The summed E-state index contributed by atoms with van der Waals surface area (Å²) < 4.78 is 0. The fraction of sp³-hybridized carbons (Fsp3) is 0.467. The lowest BCUT2D eigenvalue weighted by atomic mass is 10.1. The van der Waals surface area contributed by atoms with E-state index in [0.29, 0.717) is 23.7 Å². The molecule has 0 saturated carbocycles. The molecule has 0 bridgehead atoms. The second-order valence-corrected chi connectivity index (χ2v) is 5.04. The number of carboxylic acids is 1. The van der Waals surface area contributed by atoms with E-state index in [9.17, 15) is 9.59 Å². The van der Waals surface area contributed by atoms with E-state index < -0.39 is 5.97 Å². The van der Waals surface area contributed by atoms with Gasteiger partial charge in [-0.05, 0) is 37.6 Å². The van der Waals surface area contributed by atoms with Gasteiger partial charge >= 0.3 is 5.97 Å². The Hall–Kier alpha value is -1.88. The van der Waals surface area contributed by atoms with Gasteiger partial charge in [0.05, 0.1) is 5.56 Å². The maximum atomic E-state index is 11.8. The molecule has 20 heavy (non-hydrogen) atoms. The first-order chi connectivity index (χ1) is 9.41. The van der Waals surface area contributed by atoms with E-state index in [4.69, 9.17) is 5.11 Å². The van der Waals surface area contributed by atoms with Crippen molar-refractivity contribution < 1.29 is 14.7 Å². The molecule has 3 N–H and O–H groups in total. The average Bonchev–Trinajstić information content (AvgIpc) is 2.36. The summed E-state index contributed by atoms with van der Waals surface area (Å²) in [5, 5.41) is 15.0. The van der Waals surface area contributed by atoms with Crippen LogP contribution in [0, 0.1) is 6.92 Å². The fourth-order valence-corrected chi connectivity index (χ4v) is 1.86. The van der Waals surface area contributed by atoms with E-state index in [0.717, 1.165) is 13.0 Å². The van der Waals surface area contributed by atoms with Crippen molar-refractivity contribution in [3.8, 4) is 0 Å². The Balaban J connectivity index is 2.54. The third-order valence-electron chi connectivity index (χ3n) is 2.97. The second-order valence-electron chi connectivity index (χ2n) is 5.04. The zero-order valence-corrected chi connectivity index (χ0v) is 12.2. The SMILES string of the molecule is Cc1c(NC(=O)CCCNC(C)C)cccc1C(=O)O. The molecule has 1 aromatic rings. The van der Waals surface area contributed by atoms with Gasteiger partial charge in [-0.2, -0.15) is 0 Å². The number of amides is 1. The maximum Gasteiger partial charge on any atom is 0.336 e. The normalized spacial score (nSPS) is 10.6. The number of nitrogens with one attached hydrogen (secondary N) is 2. The Labute approximate surface area is 119 Å². The molecular weight excluding hydrogens is 256 g/mol. The van der Waals surface area contributed by atoms with Crippen LogP contribution in [0.15, 0.2) is 18.2 Å². The number of carbonyl (C=O) groups excluding carboxylic acids is 1. The number of hydrogen-bond donors (Lipinski definition) is 3. The summed E-state index contributed by atoms with van der Waals surface area (Å²) in [5.74, 6) is -1.08. The number of hydrogen-bond acceptors (Lipinski definition) is 3. The standard InChI is InChI=1S/C15H22N2O3/c1-10(2)16-9-5-8-14(18)17-13-7-4-6-12(11(13)3)15(19)20/h4,6-7,10,16H,5,8-9H2,1-3H3,(H,17,18)(H,19,20). The number of carbonyl (C=O) groups is 2. The van der Waals surface area contributed by atoms with E-state index in [1.54, 1.807) is 19.1 Å². The molecule has 0 aliphatic heterocycles. The Morgan fingerprint density at radius 3 is 2.60 bits per heavy atom. The predicted octanol–water partition coefficient (Wildman–Crippen LogP) is 2.41. The lowest BCUT2D eigenvalue weighted by molar-refractivity contribution is -0.116. The number of anilines is 1. The summed E-state index contributed by atoms with van der Waals surface area (Å²) in [6.45, 7) is 6.60. The highest BCUT2D eigenvalue weighted by Gasteiger charge is 2.11. The summed E-state index contributed by atoms with van der Waals surface area (Å²) in [5.41, 5.74) is 1.35. The Morgan fingerprint density at radius 2 is 2.00 bits per heavy atom. The summed E-state index contributed by atoms with van der Waals surface area (Å²) in [7, 11) is 0. The van der Waals surface area contributed by atoms with Gasteiger partial charge in [0.2, 0.25) is 5.91 Å². The molecule has 1 amide bonds. The van der Waals surface area contributed by atoms with Crippen LogP contribution in [-0.4, -0.2) is 29.6 Å². The first kappa shape index (κ1) is 16.2. The molecule has 0 fully saturated rings. The minimum Gasteiger partial charge on any atom is -0.478 e. The molecule has 0 unspecified atom stereocenters. The van der Waals surface area contributed by atoms with Gasteiger partial charge in [0, 0.05) is 18.2 Å². The van der Waals surface area contributed by atoms with Crippen molar-refractivity contribution in [1.29, 1.82) is 0 Å². The third-order valence-corrected chi connectivity index (χ3v) is 2.97.